The number of ether oxygens (including phenoxy) is 1. The van der Waals surface area contributed by atoms with Crippen molar-refractivity contribution in [1.82, 2.24) is 10.6 Å². The second-order valence-electron chi connectivity index (χ2n) is 7.28. The Morgan fingerprint density at radius 2 is 1.92 bits per heavy atom. The lowest BCUT2D eigenvalue weighted by Crippen LogP contribution is -2.47. The molecule has 2 aliphatic carbocycles. The van der Waals surface area contributed by atoms with Crippen molar-refractivity contribution in [2.45, 2.75) is 88.5 Å². The zero-order valence-electron chi connectivity index (χ0n) is 16.5. The van der Waals surface area contributed by atoms with Crippen molar-refractivity contribution >= 4 is 40.7 Å². The molecule has 0 heterocycles. The molecule has 2 saturated carbocycles. The van der Waals surface area contributed by atoms with E-state index in [4.69, 9.17) is 4.74 Å². The van der Waals surface area contributed by atoms with Gasteiger partial charge < -0.3 is 15.4 Å². The van der Waals surface area contributed by atoms with Crippen LogP contribution >= 0.6 is 24.0 Å². The number of hydrogen-bond donors (Lipinski definition) is 2. The van der Waals surface area contributed by atoms with Crippen LogP contribution in [0.2, 0.25) is 0 Å². The van der Waals surface area contributed by atoms with Crippen LogP contribution in [-0.4, -0.2) is 53.5 Å². The number of nitrogens with zero attached hydrogens (tertiary/aromatic N) is 1. The molecule has 0 saturated heterocycles. The number of aliphatic imine (C=N–C) groups is 1. The fourth-order valence-electron chi connectivity index (χ4n) is 3.90. The Hall–Kier alpha value is 0.110. The minimum absolute atomic E-state index is 0. The van der Waals surface area contributed by atoms with Crippen LogP contribution in [0.15, 0.2) is 4.99 Å². The van der Waals surface area contributed by atoms with Crippen LogP contribution in [0.4, 0.5) is 0 Å². The Bertz CT molecular complexity index is 431. The third kappa shape index (κ3) is 8.87. The predicted octanol–water partition coefficient (Wildman–Crippen LogP) is 3.59. The average molecular weight is 500 g/mol. The lowest BCUT2D eigenvalue weighted by atomic mass is 9.95. The maximum atomic E-state index is 12.1. The highest BCUT2D eigenvalue weighted by Gasteiger charge is 2.26. The van der Waals surface area contributed by atoms with Crippen LogP contribution in [0.5, 0.6) is 0 Å². The Kier molecular flexibility index (Phi) is 13.1. The van der Waals surface area contributed by atoms with Crippen molar-refractivity contribution in [3.63, 3.8) is 0 Å². The van der Waals surface area contributed by atoms with Gasteiger partial charge in [-0.3, -0.25) is 9.20 Å². The Morgan fingerprint density at radius 3 is 2.62 bits per heavy atom. The molecule has 0 aliphatic heterocycles. The van der Waals surface area contributed by atoms with Gasteiger partial charge in [-0.15, -0.1) is 24.0 Å². The number of rotatable bonds is 8. The molecule has 154 valence electrons. The third-order valence-corrected chi connectivity index (χ3v) is 7.11. The first-order valence-corrected chi connectivity index (χ1v) is 11.6. The maximum Gasteiger partial charge on any atom is 0.191 e. The molecular weight excluding hydrogens is 461 g/mol. The van der Waals surface area contributed by atoms with Crippen LogP contribution in [0.1, 0.15) is 71.1 Å². The molecule has 0 spiro atoms. The lowest BCUT2D eigenvalue weighted by Gasteiger charge is -2.30. The Labute approximate surface area is 179 Å². The van der Waals surface area contributed by atoms with Crippen molar-refractivity contribution in [2.75, 3.05) is 26.0 Å². The quantitative estimate of drug-likeness (QED) is 0.232. The number of guanidine groups is 1. The van der Waals surface area contributed by atoms with Crippen molar-refractivity contribution < 1.29 is 8.95 Å². The van der Waals surface area contributed by atoms with Crippen LogP contribution in [0, 0.1) is 0 Å². The van der Waals surface area contributed by atoms with Gasteiger partial charge >= 0.3 is 0 Å². The van der Waals surface area contributed by atoms with Crippen molar-refractivity contribution in [3.05, 3.63) is 0 Å². The fraction of sp³-hybridized carbons (Fsp3) is 0.947. The van der Waals surface area contributed by atoms with E-state index in [2.05, 4.69) is 15.6 Å². The highest BCUT2D eigenvalue weighted by atomic mass is 127. The first-order valence-electron chi connectivity index (χ1n) is 10.2. The van der Waals surface area contributed by atoms with Gasteiger partial charge in [-0.25, -0.2) is 0 Å². The molecule has 2 aliphatic rings. The van der Waals surface area contributed by atoms with Crippen LogP contribution < -0.4 is 10.6 Å². The molecule has 5 nitrogen and oxygen atoms in total. The molecule has 0 radical (unpaired) electrons. The first kappa shape index (κ1) is 24.1. The largest absolute Gasteiger partial charge is 0.378 e. The summed E-state index contributed by atoms with van der Waals surface area (Å²) in [5, 5.41) is 7.26. The maximum absolute atomic E-state index is 12.1. The minimum atomic E-state index is -0.678. The topological polar surface area (TPSA) is 62.7 Å². The molecule has 3 atom stereocenters. The van der Waals surface area contributed by atoms with E-state index in [9.17, 15) is 4.21 Å². The summed E-state index contributed by atoms with van der Waals surface area (Å²) in [5.41, 5.74) is 0. The zero-order valence-corrected chi connectivity index (χ0v) is 19.7. The van der Waals surface area contributed by atoms with Gasteiger partial charge in [0.25, 0.3) is 0 Å². The smallest absolute Gasteiger partial charge is 0.191 e. The summed E-state index contributed by atoms with van der Waals surface area (Å²) < 4.78 is 18.0. The van der Waals surface area contributed by atoms with Gasteiger partial charge in [0.2, 0.25) is 0 Å². The Balaban J connectivity index is 0.00000338. The van der Waals surface area contributed by atoms with Gasteiger partial charge in [-0.1, -0.05) is 32.6 Å². The predicted molar refractivity (Wildman–Crippen MR) is 122 cm³/mol. The normalized spacial score (nSPS) is 26.0. The van der Waals surface area contributed by atoms with E-state index < -0.39 is 10.8 Å². The van der Waals surface area contributed by atoms with Gasteiger partial charge in [-0.2, -0.15) is 0 Å². The third-order valence-electron chi connectivity index (χ3n) is 5.37. The molecular formula is C19H38IN3O2S. The molecule has 2 N–H and O–H groups in total. The Morgan fingerprint density at radius 1 is 1.15 bits per heavy atom. The summed E-state index contributed by atoms with van der Waals surface area (Å²) in [4.78, 5) is 4.34. The van der Waals surface area contributed by atoms with Crippen LogP contribution in [-0.2, 0) is 15.5 Å². The van der Waals surface area contributed by atoms with E-state index in [0.29, 0.717) is 17.4 Å². The zero-order chi connectivity index (χ0) is 17.9. The highest BCUT2D eigenvalue weighted by molar-refractivity contribution is 14.0. The molecule has 26 heavy (non-hydrogen) atoms. The molecule has 7 heteroatoms. The van der Waals surface area contributed by atoms with Crippen LogP contribution in [0.3, 0.4) is 0 Å². The van der Waals surface area contributed by atoms with Gasteiger partial charge in [0.05, 0.1) is 6.10 Å². The molecule has 0 aromatic carbocycles. The standard InChI is InChI=1S/C19H37N3O2S.HI/c1-3-25(23)18-12-7-9-16(15-18)22-19(20-2)21-13-8-14-24-17-10-5-4-6-11-17;/h16-18H,3-15H2,1-2H3,(H2,20,21,22);1H. The minimum Gasteiger partial charge on any atom is -0.378 e. The SMILES string of the molecule is CCS(=O)C1CCCC(NC(=NC)NCCCOC2CCCCC2)C1.I. The summed E-state index contributed by atoms with van der Waals surface area (Å²) in [6.07, 6.45) is 12.4. The molecule has 0 aromatic rings. The number of hydrogen-bond acceptors (Lipinski definition) is 3. The molecule has 0 aromatic heterocycles. The number of halogens is 1. The lowest BCUT2D eigenvalue weighted by molar-refractivity contribution is 0.0277. The van der Waals surface area contributed by atoms with Crippen molar-refractivity contribution in [1.29, 1.82) is 0 Å². The van der Waals surface area contributed by atoms with Gasteiger partial charge in [-0.05, 0) is 38.5 Å². The average Bonchev–Trinajstić information content (AvgIpc) is 2.67. The fourth-order valence-corrected chi connectivity index (χ4v) is 5.25. The summed E-state index contributed by atoms with van der Waals surface area (Å²) in [6, 6.07) is 0.388. The molecule has 3 unspecified atom stereocenters. The second kappa shape index (κ2) is 14.2. The molecule has 0 amide bonds. The van der Waals surface area contributed by atoms with Crippen LogP contribution in [0.25, 0.3) is 0 Å². The molecule has 2 rings (SSSR count). The summed E-state index contributed by atoms with van der Waals surface area (Å²) in [7, 11) is 1.14. The van der Waals surface area contributed by atoms with E-state index in [-0.39, 0.29) is 24.0 Å². The number of nitrogens with one attached hydrogen (secondary N) is 2. The van der Waals surface area contributed by atoms with Gasteiger partial charge in [0.1, 0.15) is 0 Å². The molecule has 2 fully saturated rings. The summed E-state index contributed by atoms with van der Waals surface area (Å²) in [6.45, 7) is 3.72. The summed E-state index contributed by atoms with van der Waals surface area (Å²) >= 11 is 0. The molecule has 0 bridgehead atoms. The van der Waals surface area contributed by atoms with Crippen molar-refractivity contribution in [2.24, 2.45) is 4.99 Å². The van der Waals surface area contributed by atoms with E-state index >= 15 is 0 Å². The van der Waals surface area contributed by atoms with E-state index in [1.54, 1.807) is 0 Å². The second-order valence-corrected chi connectivity index (χ2v) is 9.29. The van der Waals surface area contributed by atoms with E-state index in [1.165, 1.54) is 32.1 Å². The monoisotopic (exact) mass is 499 g/mol. The van der Waals surface area contributed by atoms with Crippen molar-refractivity contribution in [3.8, 4) is 0 Å². The van der Waals surface area contributed by atoms with E-state index in [1.807, 2.05) is 14.0 Å². The highest BCUT2D eigenvalue weighted by Crippen LogP contribution is 2.23. The van der Waals surface area contributed by atoms with Gasteiger partial charge in [0, 0.05) is 48.0 Å². The van der Waals surface area contributed by atoms with Gasteiger partial charge in [0.15, 0.2) is 5.96 Å². The first-order chi connectivity index (χ1) is 12.2. The van der Waals surface area contributed by atoms with E-state index in [0.717, 1.165) is 57.0 Å². The summed E-state index contributed by atoms with van der Waals surface area (Å²) in [5.74, 6) is 1.64.